The zero-order valence-corrected chi connectivity index (χ0v) is 13.0. The molecule has 2 atom stereocenters. The fraction of sp³-hybridized carbons (Fsp3) is 0.529. The van der Waals surface area contributed by atoms with Crippen LogP contribution in [0, 0.1) is 5.41 Å². The number of carbonyl (C=O) groups excluding carboxylic acids is 1. The molecule has 4 heteroatoms. The first-order valence-electron chi connectivity index (χ1n) is 7.19. The molecule has 0 radical (unpaired) electrons. The lowest BCUT2D eigenvalue weighted by molar-refractivity contribution is -0.165. The smallest absolute Gasteiger partial charge is 0.311 e. The number of benzene rings is 1. The van der Waals surface area contributed by atoms with Crippen molar-refractivity contribution in [1.29, 1.82) is 0 Å². The third-order valence-corrected chi connectivity index (χ3v) is 4.16. The standard InChI is InChI=1S/C17H22O4/c1-11-13-8-6-5-7-12(13)9-17(11,15(19)20)10-14(18)21-16(2,3)4/h5-8,11H,9-10H2,1-4H3,(H,19,20). The summed E-state index contributed by atoms with van der Waals surface area (Å²) in [6, 6.07) is 7.68. The Balaban J connectivity index is 2.29. The summed E-state index contributed by atoms with van der Waals surface area (Å²) < 4.78 is 5.32. The Kier molecular flexibility index (Phi) is 3.83. The van der Waals surface area contributed by atoms with E-state index in [1.807, 2.05) is 31.2 Å². The van der Waals surface area contributed by atoms with Crippen molar-refractivity contribution in [1.82, 2.24) is 0 Å². The van der Waals surface area contributed by atoms with Crippen LogP contribution in [0.25, 0.3) is 0 Å². The second kappa shape index (κ2) is 5.17. The predicted molar refractivity (Wildman–Crippen MR) is 79.1 cm³/mol. The molecule has 0 saturated carbocycles. The molecule has 2 unspecified atom stereocenters. The fourth-order valence-corrected chi connectivity index (χ4v) is 3.10. The third-order valence-electron chi connectivity index (χ3n) is 4.16. The van der Waals surface area contributed by atoms with Crippen molar-refractivity contribution in [3.05, 3.63) is 35.4 Å². The van der Waals surface area contributed by atoms with Crippen LogP contribution in [-0.4, -0.2) is 22.6 Å². The lowest BCUT2D eigenvalue weighted by atomic mass is 9.74. The van der Waals surface area contributed by atoms with E-state index in [1.54, 1.807) is 20.8 Å². The molecule has 1 aromatic carbocycles. The zero-order valence-electron chi connectivity index (χ0n) is 13.0. The molecule has 0 bridgehead atoms. The van der Waals surface area contributed by atoms with Crippen molar-refractivity contribution in [3.63, 3.8) is 0 Å². The molecule has 1 aliphatic rings. The number of fused-ring (bicyclic) bond motifs is 1. The SMILES string of the molecule is CC1c2ccccc2CC1(CC(=O)OC(C)(C)C)C(=O)O. The Labute approximate surface area is 125 Å². The normalized spacial score (nSPS) is 24.5. The molecule has 2 rings (SSSR count). The topological polar surface area (TPSA) is 63.6 Å². The summed E-state index contributed by atoms with van der Waals surface area (Å²) >= 11 is 0. The van der Waals surface area contributed by atoms with Crippen LogP contribution in [0.15, 0.2) is 24.3 Å². The highest BCUT2D eigenvalue weighted by molar-refractivity contribution is 5.85. The van der Waals surface area contributed by atoms with Gasteiger partial charge >= 0.3 is 11.9 Å². The van der Waals surface area contributed by atoms with E-state index in [-0.39, 0.29) is 12.3 Å². The van der Waals surface area contributed by atoms with Gasteiger partial charge in [0, 0.05) is 0 Å². The molecule has 0 saturated heterocycles. The maximum absolute atomic E-state index is 12.1. The molecule has 1 aliphatic carbocycles. The molecule has 0 aliphatic heterocycles. The molecule has 0 fully saturated rings. The van der Waals surface area contributed by atoms with E-state index in [0.717, 1.165) is 11.1 Å². The van der Waals surface area contributed by atoms with Gasteiger partial charge in [-0.15, -0.1) is 0 Å². The first-order chi connectivity index (χ1) is 9.66. The maximum Gasteiger partial charge on any atom is 0.311 e. The molecular weight excluding hydrogens is 268 g/mol. The number of esters is 1. The predicted octanol–water partition coefficient (Wildman–Crippen LogP) is 3.15. The van der Waals surface area contributed by atoms with Gasteiger partial charge in [0.2, 0.25) is 0 Å². The number of hydrogen-bond donors (Lipinski definition) is 1. The van der Waals surface area contributed by atoms with Crippen molar-refractivity contribution >= 4 is 11.9 Å². The first-order valence-corrected chi connectivity index (χ1v) is 7.19. The van der Waals surface area contributed by atoms with E-state index in [0.29, 0.717) is 6.42 Å². The number of ether oxygens (including phenoxy) is 1. The zero-order chi connectivity index (χ0) is 15.8. The lowest BCUT2D eigenvalue weighted by Crippen LogP contribution is -2.38. The van der Waals surface area contributed by atoms with Crippen LogP contribution in [0.3, 0.4) is 0 Å². The summed E-state index contributed by atoms with van der Waals surface area (Å²) in [4.78, 5) is 24.0. The van der Waals surface area contributed by atoms with Crippen LogP contribution in [0.2, 0.25) is 0 Å². The minimum atomic E-state index is -1.11. The fourth-order valence-electron chi connectivity index (χ4n) is 3.10. The largest absolute Gasteiger partial charge is 0.481 e. The van der Waals surface area contributed by atoms with E-state index in [1.165, 1.54) is 0 Å². The van der Waals surface area contributed by atoms with Crippen molar-refractivity contribution in [2.75, 3.05) is 0 Å². The van der Waals surface area contributed by atoms with Crippen molar-refractivity contribution in [2.24, 2.45) is 5.41 Å². The average molecular weight is 290 g/mol. The summed E-state index contributed by atoms with van der Waals surface area (Å²) in [7, 11) is 0. The van der Waals surface area contributed by atoms with Gasteiger partial charge in [-0.2, -0.15) is 0 Å². The molecule has 4 nitrogen and oxygen atoms in total. The Morgan fingerprint density at radius 3 is 2.48 bits per heavy atom. The summed E-state index contributed by atoms with van der Waals surface area (Å²) in [5, 5.41) is 9.75. The monoisotopic (exact) mass is 290 g/mol. The highest BCUT2D eigenvalue weighted by Crippen LogP contribution is 2.49. The van der Waals surface area contributed by atoms with Gasteiger partial charge in [-0.25, -0.2) is 0 Å². The number of aliphatic carboxylic acids is 1. The molecule has 1 aromatic rings. The van der Waals surface area contributed by atoms with Gasteiger partial charge in [-0.3, -0.25) is 9.59 Å². The molecule has 0 spiro atoms. The van der Waals surface area contributed by atoms with Crippen LogP contribution >= 0.6 is 0 Å². The van der Waals surface area contributed by atoms with E-state index < -0.39 is 23.0 Å². The Morgan fingerprint density at radius 1 is 1.33 bits per heavy atom. The first kappa shape index (κ1) is 15.5. The lowest BCUT2D eigenvalue weighted by Gasteiger charge is -2.30. The van der Waals surface area contributed by atoms with Crippen LogP contribution < -0.4 is 0 Å². The quantitative estimate of drug-likeness (QED) is 0.869. The van der Waals surface area contributed by atoms with Crippen molar-refractivity contribution < 1.29 is 19.4 Å². The van der Waals surface area contributed by atoms with E-state index >= 15 is 0 Å². The van der Waals surface area contributed by atoms with Crippen LogP contribution in [0.1, 0.15) is 51.2 Å². The Morgan fingerprint density at radius 2 is 1.95 bits per heavy atom. The molecule has 0 aromatic heterocycles. The van der Waals surface area contributed by atoms with Crippen molar-refractivity contribution in [2.45, 2.75) is 52.1 Å². The summed E-state index contributed by atoms with van der Waals surface area (Å²) in [5.74, 6) is -1.60. The van der Waals surface area contributed by atoms with Gasteiger partial charge < -0.3 is 9.84 Å². The molecular formula is C17H22O4. The van der Waals surface area contributed by atoms with E-state index in [4.69, 9.17) is 4.74 Å². The van der Waals surface area contributed by atoms with Gasteiger partial charge in [0.15, 0.2) is 0 Å². The molecule has 114 valence electrons. The number of carboxylic acids is 1. The minimum absolute atomic E-state index is 0.102. The summed E-state index contributed by atoms with van der Waals surface area (Å²) in [6.45, 7) is 7.23. The van der Waals surface area contributed by atoms with Crippen molar-refractivity contribution in [3.8, 4) is 0 Å². The molecule has 0 heterocycles. The third kappa shape index (κ3) is 2.94. The van der Waals surface area contributed by atoms with E-state index in [2.05, 4.69) is 0 Å². The Hall–Kier alpha value is -1.84. The van der Waals surface area contributed by atoms with Gasteiger partial charge in [0.1, 0.15) is 5.60 Å². The summed E-state index contributed by atoms with van der Waals surface area (Å²) in [5.41, 5.74) is 0.316. The highest BCUT2D eigenvalue weighted by Gasteiger charge is 2.51. The highest BCUT2D eigenvalue weighted by atomic mass is 16.6. The average Bonchev–Trinajstić information content (AvgIpc) is 2.62. The number of hydrogen-bond acceptors (Lipinski definition) is 3. The van der Waals surface area contributed by atoms with Gasteiger partial charge in [0.05, 0.1) is 11.8 Å². The van der Waals surface area contributed by atoms with Gasteiger partial charge in [-0.1, -0.05) is 31.2 Å². The number of rotatable bonds is 3. The summed E-state index contributed by atoms with van der Waals surface area (Å²) in [6.07, 6.45) is 0.272. The molecule has 0 amide bonds. The van der Waals surface area contributed by atoms with Crippen LogP contribution in [0.4, 0.5) is 0 Å². The second-order valence-electron chi connectivity index (χ2n) is 6.82. The number of carbonyl (C=O) groups is 2. The van der Waals surface area contributed by atoms with Gasteiger partial charge in [0.25, 0.3) is 0 Å². The minimum Gasteiger partial charge on any atom is -0.481 e. The van der Waals surface area contributed by atoms with Gasteiger partial charge in [-0.05, 0) is 44.2 Å². The molecule has 1 N–H and O–H groups in total. The second-order valence-corrected chi connectivity index (χ2v) is 6.82. The molecule has 21 heavy (non-hydrogen) atoms. The van der Waals surface area contributed by atoms with Crippen LogP contribution in [-0.2, 0) is 20.7 Å². The van der Waals surface area contributed by atoms with Crippen LogP contribution in [0.5, 0.6) is 0 Å². The maximum atomic E-state index is 12.1. The number of carboxylic acid groups (broad SMARTS) is 1. The Bertz CT molecular complexity index is 570. The van der Waals surface area contributed by atoms with E-state index in [9.17, 15) is 14.7 Å².